The lowest BCUT2D eigenvalue weighted by atomic mass is 9.90. The number of hydrogen-bond acceptors (Lipinski definition) is 4. The molecule has 0 radical (unpaired) electrons. The fourth-order valence-corrected chi connectivity index (χ4v) is 4.48. The fraction of sp³-hybridized carbons (Fsp3) is 0.440. The first kappa shape index (κ1) is 23.2. The first-order valence-corrected chi connectivity index (χ1v) is 11.5. The minimum atomic E-state index is -0.431. The number of carbonyl (C=O) groups is 2. The highest BCUT2D eigenvalue weighted by atomic mass is 19.1. The number of nitrogens with zero attached hydrogens (tertiary/aromatic N) is 2. The molecule has 0 aromatic heterocycles. The number of amides is 3. The molecule has 1 saturated heterocycles. The number of rotatable bonds is 5. The van der Waals surface area contributed by atoms with Crippen LogP contribution < -0.4 is 11.1 Å². The maximum atomic E-state index is 13.8. The Morgan fingerprint density at radius 3 is 2.52 bits per heavy atom. The normalized spacial score (nSPS) is 20.8. The molecule has 7 nitrogen and oxygen atoms in total. The van der Waals surface area contributed by atoms with Crippen LogP contribution in [0.2, 0.25) is 0 Å². The minimum Gasteiger partial charge on any atom is -0.378 e. The lowest BCUT2D eigenvalue weighted by Crippen LogP contribution is -2.44. The van der Waals surface area contributed by atoms with Gasteiger partial charge in [0.1, 0.15) is 5.82 Å². The first-order chi connectivity index (χ1) is 16.0. The molecule has 33 heavy (non-hydrogen) atoms. The van der Waals surface area contributed by atoms with Crippen molar-refractivity contribution in [3.05, 3.63) is 65.5 Å². The van der Waals surface area contributed by atoms with Crippen LogP contribution in [0.1, 0.15) is 41.6 Å². The summed E-state index contributed by atoms with van der Waals surface area (Å²) in [6.07, 6.45) is 3.34. The third kappa shape index (κ3) is 6.09. The molecule has 8 heteroatoms. The summed E-state index contributed by atoms with van der Waals surface area (Å²) >= 11 is 0. The van der Waals surface area contributed by atoms with Crippen LogP contribution in [0.5, 0.6) is 0 Å². The second-order valence-electron chi connectivity index (χ2n) is 8.74. The monoisotopic (exact) mass is 454 g/mol. The molecule has 2 aromatic rings. The number of urea groups is 1. The summed E-state index contributed by atoms with van der Waals surface area (Å²) in [6.45, 7) is 2.57. The Morgan fingerprint density at radius 2 is 1.79 bits per heavy atom. The molecule has 176 valence electrons. The number of carbonyl (C=O) groups excluding carboxylic acids is 2. The molecule has 0 atom stereocenters. The van der Waals surface area contributed by atoms with E-state index < -0.39 is 5.82 Å². The van der Waals surface area contributed by atoms with Gasteiger partial charge < -0.3 is 25.6 Å². The standard InChI is InChI=1S/C25H31FN4O3/c26-20-5-2-4-19(16-20)24(31)30(23-9-7-21(27)8-10-23)17-18-3-1-6-22(15-18)28-25(32)29-11-13-33-14-12-29/h1-6,15-16,21,23H,7-14,17,27H2,(H,28,32). The van der Waals surface area contributed by atoms with Gasteiger partial charge in [0.15, 0.2) is 0 Å². The van der Waals surface area contributed by atoms with Gasteiger partial charge in [-0.1, -0.05) is 18.2 Å². The van der Waals surface area contributed by atoms with Crippen molar-refractivity contribution in [3.63, 3.8) is 0 Å². The van der Waals surface area contributed by atoms with E-state index in [0.717, 1.165) is 31.2 Å². The summed E-state index contributed by atoms with van der Waals surface area (Å²) in [7, 11) is 0. The van der Waals surface area contributed by atoms with E-state index in [4.69, 9.17) is 10.5 Å². The zero-order valence-corrected chi connectivity index (χ0v) is 18.7. The molecule has 2 fully saturated rings. The lowest BCUT2D eigenvalue weighted by molar-refractivity contribution is 0.0564. The van der Waals surface area contributed by atoms with Crippen LogP contribution in [0.15, 0.2) is 48.5 Å². The molecule has 2 aliphatic rings. The average Bonchev–Trinajstić information content (AvgIpc) is 2.83. The quantitative estimate of drug-likeness (QED) is 0.723. The number of anilines is 1. The topological polar surface area (TPSA) is 87.9 Å². The Bertz CT molecular complexity index is 972. The van der Waals surface area contributed by atoms with E-state index in [9.17, 15) is 14.0 Å². The predicted octanol–water partition coefficient (Wildman–Crippen LogP) is 3.60. The summed E-state index contributed by atoms with van der Waals surface area (Å²) < 4.78 is 19.1. The van der Waals surface area contributed by atoms with E-state index in [1.165, 1.54) is 12.1 Å². The zero-order chi connectivity index (χ0) is 23.2. The molecule has 1 aliphatic carbocycles. The van der Waals surface area contributed by atoms with Crippen LogP contribution in [0.3, 0.4) is 0 Å². The Labute approximate surface area is 193 Å². The number of ether oxygens (including phenoxy) is 1. The summed E-state index contributed by atoms with van der Waals surface area (Å²) in [6, 6.07) is 13.4. The molecular weight excluding hydrogens is 423 g/mol. The molecule has 1 heterocycles. The number of morpholine rings is 1. The van der Waals surface area contributed by atoms with Gasteiger partial charge >= 0.3 is 6.03 Å². The van der Waals surface area contributed by atoms with Gasteiger partial charge in [-0.2, -0.15) is 0 Å². The molecule has 0 bridgehead atoms. The van der Waals surface area contributed by atoms with E-state index >= 15 is 0 Å². The lowest BCUT2D eigenvalue weighted by Gasteiger charge is -2.36. The summed E-state index contributed by atoms with van der Waals surface area (Å²) in [5.41, 5.74) is 7.99. The van der Waals surface area contributed by atoms with Crippen LogP contribution in [0.25, 0.3) is 0 Å². The van der Waals surface area contributed by atoms with Crippen molar-refractivity contribution in [2.45, 2.75) is 44.3 Å². The number of benzene rings is 2. The maximum absolute atomic E-state index is 13.8. The molecule has 2 aromatic carbocycles. The second-order valence-corrected chi connectivity index (χ2v) is 8.74. The Hall–Kier alpha value is -2.97. The van der Waals surface area contributed by atoms with Crippen molar-refractivity contribution in [2.24, 2.45) is 5.73 Å². The van der Waals surface area contributed by atoms with E-state index in [-0.39, 0.29) is 24.0 Å². The van der Waals surface area contributed by atoms with E-state index in [2.05, 4.69) is 5.32 Å². The summed E-state index contributed by atoms with van der Waals surface area (Å²) in [5.74, 6) is -0.628. The van der Waals surface area contributed by atoms with Crippen LogP contribution in [-0.4, -0.2) is 60.1 Å². The largest absolute Gasteiger partial charge is 0.378 e. The Kier molecular flexibility index (Phi) is 7.57. The highest BCUT2D eigenvalue weighted by molar-refractivity contribution is 5.94. The van der Waals surface area contributed by atoms with Crippen LogP contribution in [-0.2, 0) is 11.3 Å². The van der Waals surface area contributed by atoms with Crippen molar-refractivity contribution in [3.8, 4) is 0 Å². The van der Waals surface area contributed by atoms with Crippen LogP contribution in [0.4, 0.5) is 14.9 Å². The summed E-state index contributed by atoms with van der Waals surface area (Å²) in [5, 5.41) is 2.94. The van der Waals surface area contributed by atoms with Gasteiger partial charge in [0, 0.05) is 43.0 Å². The van der Waals surface area contributed by atoms with Gasteiger partial charge in [-0.15, -0.1) is 0 Å². The molecule has 0 spiro atoms. The molecule has 1 saturated carbocycles. The predicted molar refractivity (Wildman–Crippen MR) is 124 cm³/mol. The molecule has 3 amide bonds. The third-order valence-corrected chi connectivity index (χ3v) is 6.34. The Morgan fingerprint density at radius 1 is 1.06 bits per heavy atom. The molecule has 0 unspecified atom stereocenters. The molecule has 1 aliphatic heterocycles. The maximum Gasteiger partial charge on any atom is 0.321 e. The number of nitrogens with two attached hydrogens (primary N) is 1. The fourth-order valence-electron chi connectivity index (χ4n) is 4.48. The van der Waals surface area contributed by atoms with Gasteiger partial charge in [0.05, 0.1) is 13.2 Å². The zero-order valence-electron chi connectivity index (χ0n) is 18.7. The summed E-state index contributed by atoms with van der Waals surface area (Å²) in [4.78, 5) is 29.5. The van der Waals surface area contributed by atoms with Gasteiger partial charge in [0.2, 0.25) is 0 Å². The van der Waals surface area contributed by atoms with Crippen LogP contribution in [0, 0.1) is 5.82 Å². The van der Waals surface area contributed by atoms with Crippen molar-refractivity contribution >= 4 is 17.6 Å². The van der Waals surface area contributed by atoms with E-state index in [1.54, 1.807) is 17.0 Å². The van der Waals surface area contributed by atoms with Gasteiger partial charge in [-0.25, -0.2) is 9.18 Å². The third-order valence-electron chi connectivity index (χ3n) is 6.34. The first-order valence-electron chi connectivity index (χ1n) is 11.5. The van der Waals surface area contributed by atoms with E-state index in [0.29, 0.717) is 44.1 Å². The van der Waals surface area contributed by atoms with Crippen molar-refractivity contribution in [2.75, 3.05) is 31.6 Å². The van der Waals surface area contributed by atoms with Crippen LogP contribution >= 0.6 is 0 Å². The van der Waals surface area contributed by atoms with E-state index in [1.807, 2.05) is 29.2 Å². The van der Waals surface area contributed by atoms with Crippen molar-refractivity contribution < 1.29 is 18.7 Å². The second kappa shape index (κ2) is 10.8. The number of halogens is 1. The van der Waals surface area contributed by atoms with Crippen molar-refractivity contribution in [1.82, 2.24) is 9.80 Å². The highest BCUT2D eigenvalue weighted by Gasteiger charge is 2.29. The smallest absolute Gasteiger partial charge is 0.321 e. The van der Waals surface area contributed by atoms with Crippen molar-refractivity contribution in [1.29, 1.82) is 0 Å². The van der Waals surface area contributed by atoms with Gasteiger partial charge in [0.25, 0.3) is 5.91 Å². The molecular formula is C25H31FN4O3. The SMILES string of the molecule is NC1CCC(N(Cc2cccc(NC(=O)N3CCOCC3)c2)C(=O)c2cccc(F)c2)CC1. The average molecular weight is 455 g/mol. The number of hydrogen-bond donors (Lipinski definition) is 2. The minimum absolute atomic E-state index is 0.0344. The molecule has 4 rings (SSSR count). The highest BCUT2D eigenvalue weighted by Crippen LogP contribution is 2.26. The number of nitrogens with one attached hydrogen (secondary N) is 1. The Balaban J connectivity index is 1.51. The van der Waals surface area contributed by atoms with Gasteiger partial charge in [-0.3, -0.25) is 4.79 Å². The van der Waals surface area contributed by atoms with Gasteiger partial charge in [-0.05, 0) is 61.6 Å². The molecule has 3 N–H and O–H groups in total.